The summed E-state index contributed by atoms with van der Waals surface area (Å²) in [6.07, 6.45) is 0.935. The van der Waals surface area contributed by atoms with Crippen LogP contribution in [0.15, 0.2) is 12.1 Å². The fourth-order valence-corrected chi connectivity index (χ4v) is 1.23. The molecule has 0 atom stereocenters. The zero-order valence-corrected chi connectivity index (χ0v) is 5.96. The van der Waals surface area contributed by atoms with Crippen molar-refractivity contribution in [2.45, 2.75) is 6.42 Å². The first-order valence-corrected chi connectivity index (χ1v) is 3.54. The fourth-order valence-electron chi connectivity index (χ4n) is 1.23. The lowest BCUT2D eigenvalue weighted by Crippen LogP contribution is -1.90. The summed E-state index contributed by atoms with van der Waals surface area (Å²) in [4.78, 5) is 4.15. The lowest BCUT2D eigenvalue weighted by molar-refractivity contribution is 1.04. The molecule has 2 rings (SSSR count). The number of nitrogens with zero attached hydrogens (tertiary/aromatic N) is 2. The predicted molar refractivity (Wildman–Crippen MR) is 41.1 cm³/mol. The monoisotopic (exact) mass is 145 g/mol. The molecule has 1 aromatic rings. The normalized spacial score (nSPS) is 13.4. The van der Waals surface area contributed by atoms with Crippen LogP contribution in [-0.4, -0.2) is 11.5 Å². The van der Waals surface area contributed by atoms with E-state index in [0.29, 0.717) is 5.69 Å². The third kappa shape index (κ3) is 0.926. The second-order valence-electron chi connectivity index (χ2n) is 2.48. The van der Waals surface area contributed by atoms with Gasteiger partial charge in [0.05, 0.1) is 11.4 Å². The Labute approximate surface area is 64.7 Å². The molecule has 0 aromatic carbocycles. The van der Waals surface area contributed by atoms with E-state index in [0.717, 1.165) is 24.3 Å². The highest BCUT2D eigenvalue weighted by Crippen LogP contribution is 2.19. The molecular formula is C8H7N3. The molecule has 1 aliphatic heterocycles. The minimum atomic E-state index is 0.507. The largest absolute Gasteiger partial charge is 0.383 e. The van der Waals surface area contributed by atoms with E-state index in [1.807, 2.05) is 12.1 Å². The lowest BCUT2D eigenvalue weighted by Gasteiger charge is -1.96. The molecule has 0 unspecified atom stereocenters. The van der Waals surface area contributed by atoms with E-state index < -0.39 is 0 Å². The Bertz CT molecular complexity index is 325. The number of aromatic nitrogens is 1. The maximum atomic E-state index is 8.54. The van der Waals surface area contributed by atoms with Crippen molar-refractivity contribution in [1.29, 1.82) is 5.26 Å². The van der Waals surface area contributed by atoms with Crippen molar-refractivity contribution in [2.75, 3.05) is 11.9 Å². The van der Waals surface area contributed by atoms with Gasteiger partial charge in [0.1, 0.15) is 11.8 Å². The first-order chi connectivity index (χ1) is 5.40. The Morgan fingerprint density at radius 3 is 3.27 bits per heavy atom. The molecule has 0 aliphatic carbocycles. The molecule has 0 bridgehead atoms. The Morgan fingerprint density at radius 1 is 1.55 bits per heavy atom. The minimum absolute atomic E-state index is 0.507. The van der Waals surface area contributed by atoms with Crippen molar-refractivity contribution in [2.24, 2.45) is 0 Å². The summed E-state index contributed by atoms with van der Waals surface area (Å²) in [7, 11) is 0. The third-order valence-electron chi connectivity index (χ3n) is 1.77. The number of pyridine rings is 1. The van der Waals surface area contributed by atoms with Crippen LogP contribution in [0.25, 0.3) is 0 Å². The van der Waals surface area contributed by atoms with Gasteiger partial charge in [0, 0.05) is 13.0 Å². The molecule has 0 saturated carbocycles. The first kappa shape index (κ1) is 6.17. The van der Waals surface area contributed by atoms with Crippen LogP contribution in [0.2, 0.25) is 0 Å². The summed E-state index contributed by atoms with van der Waals surface area (Å²) >= 11 is 0. The van der Waals surface area contributed by atoms with Gasteiger partial charge in [0.2, 0.25) is 0 Å². The van der Waals surface area contributed by atoms with E-state index in [2.05, 4.69) is 10.3 Å². The van der Waals surface area contributed by atoms with Gasteiger partial charge in [-0.2, -0.15) is 5.26 Å². The highest BCUT2D eigenvalue weighted by Gasteiger charge is 2.10. The van der Waals surface area contributed by atoms with Gasteiger partial charge in [-0.25, -0.2) is 4.98 Å². The Kier molecular flexibility index (Phi) is 1.26. The van der Waals surface area contributed by atoms with E-state index in [-0.39, 0.29) is 0 Å². The standard InChI is InChI=1S/C8H7N3/c9-5-6-1-2-7-8(11-6)3-4-10-7/h1-2,10H,3-4H2. The van der Waals surface area contributed by atoms with Crippen molar-refractivity contribution in [1.82, 2.24) is 4.98 Å². The number of fused-ring (bicyclic) bond motifs is 1. The van der Waals surface area contributed by atoms with Crippen molar-refractivity contribution < 1.29 is 0 Å². The molecule has 11 heavy (non-hydrogen) atoms. The fraction of sp³-hybridized carbons (Fsp3) is 0.250. The zero-order valence-electron chi connectivity index (χ0n) is 5.96. The van der Waals surface area contributed by atoms with Gasteiger partial charge in [0.25, 0.3) is 0 Å². The molecule has 1 aromatic heterocycles. The van der Waals surface area contributed by atoms with Crippen LogP contribution in [0.4, 0.5) is 5.69 Å². The topological polar surface area (TPSA) is 48.7 Å². The van der Waals surface area contributed by atoms with Gasteiger partial charge in [0.15, 0.2) is 0 Å². The first-order valence-electron chi connectivity index (χ1n) is 3.54. The van der Waals surface area contributed by atoms with Crippen LogP contribution >= 0.6 is 0 Å². The molecule has 1 aliphatic rings. The second kappa shape index (κ2) is 2.24. The molecule has 0 fully saturated rings. The van der Waals surface area contributed by atoms with Crippen molar-refractivity contribution in [3.05, 3.63) is 23.5 Å². The number of nitriles is 1. The maximum Gasteiger partial charge on any atom is 0.140 e. The van der Waals surface area contributed by atoms with Crippen LogP contribution in [-0.2, 0) is 6.42 Å². The van der Waals surface area contributed by atoms with Crippen molar-refractivity contribution in [3.63, 3.8) is 0 Å². The van der Waals surface area contributed by atoms with E-state index in [1.165, 1.54) is 0 Å². The quantitative estimate of drug-likeness (QED) is 0.590. The van der Waals surface area contributed by atoms with Crippen molar-refractivity contribution >= 4 is 5.69 Å². The highest BCUT2D eigenvalue weighted by atomic mass is 14.9. The second-order valence-corrected chi connectivity index (χ2v) is 2.48. The van der Waals surface area contributed by atoms with Crippen LogP contribution in [0.1, 0.15) is 11.4 Å². The Morgan fingerprint density at radius 2 is 2.45 bits per heavy atom. The SMILES string of the molecule is N#Cc1ccc2c(n1)CCN2. The number of hydrogen-bond acceptors (Lipinski definition) is 3. The number of nitrogens with one attached hydrogen (secondary N) is 1. The smallest absolute Gasteiger partial charge is 0.140 e. The van der Waals surface area contributed by atoms with Gasteiger partial charge >= 0.3 is 0 Å². The lowest BCUT2D eigenvalue weighted by atomic mass is 10.2. The summed E-state index contributed by atoms with van der Waals surface area (Å²) in [6, 6.07) is 5.66. The highest BCUT2D eigenvalue weighted by molar-refractivity contribution is 5.53. The molecule has 3 heteroatoms. The van der Waals surface area contributed by atoms with Crippen molar-refractivity contribution in [3.8, 4) is 6.07 Å². The molecule has 54 valence electrons. The number of anilines is 1. The molecular weight excluding hydrogens is 138 g/mol. The summed E-state index contributed by atoms with van der Waals surface area (Å²) < 4.78 is 0. The summed E-state index contributed by atoms with van der Waals surface area (Å²) in [5.74, 6) is 0. The minimum Gasteiger partial charge on any atom is -0.383 e. The predicted octanol–water partition coefficient (Wildman–Crippen LogP) is 0.921. The van der Waals surface area contributed by atoms with Crippen LogP contribution in [0, 0.1) is 11.3 Å². The summed E-state index contributed by atoms with van der Waals surface area (Å²) in [5.41, 5.74) is 2.60. The summed E-state index contributed by atoms with van der Waals surface area (Å²) in [6.45, 7) is 0.942. The van der Waals surface area contributed by atoms with Gasteiger partial charge in [-0.3, -0.25) is 0 Å². The number of hydrogen-bond donors (Lipinski definition) is 1. The Hall–Kier alpha value is -1.56. The molecule has 0 spiro atoms. The Balaban J connectivity index is 2.51. The van der Waals surface area contributed by atoms with Gasteiger partial charge in [-0.15, -0.1) is 0 Å². The van der Waals surface area contributed by atoms with E-state index >= 15 is 0 Å². The maximum absolute atomic E-state index is 8.54. The third-order valence-corrected chi connectivity index (χ3v) is 1.77. The van der Waals surface area contributed by atoms with Gasteiger partial charge in [-0.05, 0) is 12.1 Å². The van der Waals surface area contributed by atoms with E-state index in [4.69, 9.17) is 5.26 Å². The van der Waals surface area contributed by atoms with Crippen LogP contribution in [0.5, 0.6) is 0 Å². The molecule has 0 amide bonds. The van der Waals surface area contributed by atoms with E-state index in [1.54, 1.807) is 6.07 Å². The molecule has 3 nitrogen and oxygen atoms in total. The summed E-state index contributed by atoms with van der Waals surface area (Å²) in [5, 5.41) is 11.7. The molecule has 2 heterocycles. The zero-order chi connectivity index (χ0) is 7.68. The number of rotatable bonds is 0. The average molecular weight is 145 g/mol. The average Bonchev–Trinajstić information content (AvgIpc) is 2.50. The molecule has 0 saturated heterocycles. The van der Waals surface area contributed by atoms with Gasteiger partial charge in [-0.1, -0.05) is 0 Å². The molecule has 0 radical (unpaired) electrons. The van der Waals surface area contributed by atoms with Crippen LogP contribution < -0.4 is 5.32 Å². The van der Waals surface area contributed by atoms with E-state index in [9.17, 15) is 0 Å². The van der Waals surface area contributed by atoms with Gasteiger partial charge < -0.3 is 5.32 Å². The molecule has 1 N–H and O–H groups in total. The van der Waals surface area contributed by atoms with Crippen LogP contribution in [0.3, 0.4) is 0 Å².